The molecule has 1 aromatic heterocycles. The van der Waals surface area contributed by atoms with E-state index in [4.69, 9.17) is 11.6 Å². The van der Waals surface area contributed by atoms with Gasteiger partial charge in [-0.25, -0.2) is 4.39 Å². The number of H-pyrrole nitrogens is 1. The molecule has 0 aliphatic rings. The van der Waals surface area contributed by atoms with E-state index in [-0.39, 0.29) is 29.8 Å². The molecule has 0 radical (unpaired) electrons. The Bertz CT molecular complexity index is 1030. The number of nitrogens with one attached hydrogen (secondary N) is 3. The van der Waals surface area contributed by atoms with E-state index in [9.17, 15) is 14.0 Å². The molecule has 0 fully saturated rings. The average molecular weight is 403 g/mol. The van der Waals surface area contributed by atoms with Gasteiger partial charge < -0.3 is 20.5 Å². The van der Waals surface area contributed by atoms with Gasteiger partial charge in [0.05, 0.1) is 18.5 Å². The number of aromatic nitrogens is 1. The minimum Gasteiger partial charge on any atom is -0.361 e. The first-order chi connectivity index (χ1) is 13.3. The number of anilines is 2. The van der Waals surface area contributed by atoms with Crippen molar-refractivity contribution in [2.75, 3.05) is 31.3 Å². The predicted molar refractivity (Wildman–Crippen MR) is 109 cm³/mol. The van der Waals surface area contributed by atoms with Crippen LogP contribution in [0.25, 0.3) is 10.9 Å². The van der Waals surface area contributed by atoms with Gasteiger partial charge in [0.1, 0.15) is 5.82 Å². The Balaban J connectivity index is 1.69. The zero-order chi connectivity index (χ0) is 20.3. The average Bonchev–Trinajstić information content (AvgIpc) is 2.96. The predicted octanol–water partition coefficient (Wildman–Crippen LogP) is 3.64. The lowest BCUT2D eigenvalue weighted by atomic mass is 10.1. The normalized spacial score (nSPS) is 11.0. The Morgan fingerprint density at radius 1 is 1.11 bits per heavy atom. The molecule has 0 aliphatic heterocycles. The highest BCUT2D eigenvalue weighted by Crippen LogP contribution is 2.26. The first-order valence-electron chi connectivity index (χ1n) is 8.61. The van der Waals surface area contributed by atoms with Crippen LogP contribution in [0.4, 0.5) is 15.8 Å². The largest absolute Gasteiger partial charge is 0.361 e. The molecule has 1 heterocycles. The second-order valence-corrected chi connectivity index (χ2v) is 7.15. The molecule has 2 aromatic carbocycles. The van der Waals surface area contributed by atoms with Crippen LogP contribution in [0.3, 0.4) is 0 Å². The lowest BCUT2D eigenvalue weighted by molar-refractivity contribution is -0.117. The van der Waals surface area contributed by atoms with E-state index in [1.54, 1.807) is 55.5 Å². The number of benzene rings is 2. The number of fused-ring (bicyclic) bond motifs is 1. The van der Waals surface area contributed by atoms with Gasteiger partial charge in [0, 0.05) is 28.0 Å². The fourth-order valence-corrected chi connectivity index (χ4v) is 3.14. The van der Waals surface area contributed by atoms with Gasteiger partial charge in [0.2, 0.25) is 11.8 Å². The lowest BCUT2D eigenvalue weighted by Gasteiger charge is -2.11. The molecule has 8 heteroatoms. The summed E-state index contributed by atoms with van der Waals surface area (Å²) in [6.45, 7) is 0.257. The fourth-order valence-electron chi connectivity index (χ4n) is 2.93. The molecule has 28 heavy (non-hydrogen) atoms. The first kappa shape index (κ1) is 19.9. The van der Waals surface area contributed by atoms with E-state index in [0.29, 0.717) is 27.8 Å². The molecule has 0 spiro atoms. The number of rotatable bonds is 6. The second kappa shape index (κ2) is 8.41. The van der Waals surface area contributed by atoms with E-state index in [2.05, 4.69) is 15.6 Å². The fraction of sp³-hybridized carbons (Fsp3) is 0.200. The zero-order valence-electron chi connectivity index (χ0n) is 15.5. The summed E-state index contributed by atoms with van der Waals surface area (Å²) < 4.78 is 14.2. The summed E-state index contributed by atoms with van der Waals surface area (Å²) in [5.74, 6) is -0.925. The van der Waals surface area contributed by atoms with Crippen LogP contribution < -0.4 is 10.6 Å². The maximum atomic E-state index is 14.2. The van der Waals surface area contributed by atoms with Gasteiger partial charge in [-0.15, -0.1) is 0 Å². The smallest absolute Gasteiger partial charge is 0.238 e. The third kappa shape index (κ3) is 4.88. The van der Waals surface area contributed by atoms with Gasteiger partial charge in [-0.05, 0) is 50.0 Å². The molecule has 3 N–H and O–H groups in total. The van der Waals surface area contributed by atoms with Crippen molar-refractivity contribution >= 4 is 45.7 Å². The highest BCUT2D eigenvalue weighted by molar-refractivity contribution is 6.31. The van der Waals surface area contributed by atoms with Gasteiger partial charge >= 0.3 is 0 Å². The molecule has 6 nitrogen and oxygen atoms in total. The van der Waals surface area contributed by atoms with Crippen molar-refractivity contribution in [3.8, 4) is 0 Å². The van der Waals surface area contributed by atoms with Gasteiger partial charge in [-0.1, -0.05) is 17.7 Å². The molecular formula is C20H20ClFN4O2. The summed E-state index contributed by atoms with van der Waals surface area (Å²) in [4.78, 5) is 29.0. The second-order valence-electron chi connectivity index (χ2n) is 6.72. The topological polar surface area (TPSA) is 77.2 Å². The molecule has 146 valence electrons. The van der Waals surface area contributed by atoms with E-state index in [1.807, 2.05) is 0 Å². The molecule has 3 aromatic rings. The minimum absolute atomic E-state index is 0.00420. The number of amides is 2. The monoisotopic (exact) mass is 402 g/mol. The molecule has 0 saturated heterocycles. The van der Waals surface area contributed by atoms with Crippen molar-refractivity contribution in [3.63, 3.8) is 0 Å². The third-order valence-corrected chi connectivity index (χ3v) is 4.24. The number of halogens is 2. The van der Waals surface area contributed by atoms with Crippen molar-refractivity contribution < 1.29 is 14.0 Å². The van der Waals surface area contributed by atoms with Crippen LogP contribution in [0, 0.1) is 5.82 Å². The molecule has 2 amide bonds. The quantitative estimate of drug-likeness (QED) is 0.589. The Labute approximate surface area is 166 Å². The van der Waals surface area contributed by atoms with Gasteiger partial charge in [0.15, 0.2) is 0 Å². The van der Waals surface area contributed by atoms with Gasteiger partial charge in [-0.3, -0.25) is 9.59 Å². The highest BCUT2D eigenvalue weighted by Gasteiger charge is 2.14. The Hall–Kier alpha value is -2.90. The standard InChI is InChI=1S/C20H20ClFN4O2/c1-26(2)11-19(28)25-15-5-3-4-14(9-15)24-18(27)6-12-10-23-17-8-13(21)7-16(22)20(12)17/h3-5,7-10,23H,6,11H2,1-2H3,(H,24,27)(H,25,28). The maximum Gasteiger partial charge on any atom is 0.238 e. The molecule has 3 rings (SSSR count). The van der Waals surface area contributed by atoms with Gasteiger partial charge in [0.25, 0.3) is 0 Å². The van der Waals surface area contributed by atoms with Crippen molar-refractivity contribution in [2.24, 2.45) is 0 Å². The van der Waals surface area contributed by atoms with Gasteiger partial charge in [-0.2, -0.15) is 0 Å². The highest BCUT2D eigenvalue weighted by atomic mass is 35.5. The number of carbonyl (C=O) groups is 2. The summed E-state index contributed by atoms with van der Waals surface area (Å²) in [5, 5.41) is 6.18. The summed E-state index contributed by atoms with van der Waals surface area (Å²) in [5.41, 5.74) is 2.20. The van der Waals surface area contributed by atoms with Crippen LogP contribution in [-0.2, 0) is 16.0 Å². The first-order valence-corrected chi connectivity index (χ1v) is 8.99. The number of hydrogen-bond donors (Lipinski definition) is 3. The van der Waals surface area contributed by atoms with Crippen LogP contribution >= 0.6 is 11.6 Å². The van der Waals surface area contributed by atoms with Crippen LogP contribution in [0.2, 0.25) is 5.02 Å². The summed E-state index contributed by atoms with van der Waals surface area (Å²) in [6.07, 6.45) is 1.59. The van der Waals surface area contributed by atoms with Crippen LogP contribution in [0.1, 0.15) is 5.56 Å². The molecule has 0 unspecified atom stereocenters. The number of nitrogens with zero attached hydrogens (tertiary/aromatic N) is 1. The number of carbonyl (C=O) groups excluding carboxylic acids is 2. The zero-order valence-corrected chi connectivity index (χ0v) is 16.2. The van der Waals surface area contributed by atoms with E-state index >= 15 is 0 Å². The Kier molecular flexibility index (Phi) is 5.96. The maximum absolute atomic E-state index is 14.2. The molecule has 0 atom stereocenters. The van der Waals surface area contributed by atoms with E-state index in [1.165, 1.54) is 6.07 Å². The number of likely N-dealkylation sites (N-methyl/N-ethyl adjacent to an activating group) is 1. The van der Waals surface area contributed by atoms with E-state index < -0.39 is 5.82 Å². The molecule has 0 aliphatic carbocycles. The van der Waals surface area contributed by atoms with Crippen molar-refractivity contribution in [1.82, 2.24) is 9.88 Å². The number of aromatic amines is 1. The molecule has 0 bridgehead atoms. The lowest BCUT2D eigenvalue weighted by Crippen LogP contribution is -2.27. The van der Waals surface area contributed by atoms with Crippen LogP contribution in [0.5, 0.6) is 0 Å². The summed E-state index contributed by atoms with van der Waals surface area (Å²) in [6, 6.07) is 9.69. The summed E-state index contributed by atoms with van der Waals surface area (Å²) in [7, 11) is 3.61. The molecule has 0 saturated carbocycles. The SMILES string of the molecule is CN(C)CC(=O)Nc1cccc(NC(=O)Cc2c[nH]c3cc(Cl)cc(F)c23)c1. The van der Waals surface area contributed by atoms with Crippen LogP contribution in [-0.4, -0.2) is 42.3 Å². The van der Waals surface area contributed by atoms with Crippen molar-refractivity contribution in [1.29, 1.82) is 0 Å². The van der Waals surface area contributed by atoms with Crippen molar-refractivity contribution in [2.45, 2.75) is 6.42 Å². The Morgan fingerprint density at radius 2 is 1.79 bits per heavy atom. The van der Waals surface area contributed by atoms with Crippen LogP contribution in [0.15, 0.2) is 42.6 Å². The summed E-state index contributed by atoms with van der Waals surface area (Å²) >= 11 is 5.85. The Morgan fingerprint density at radius 3 is 2.46 bits per heavy atom. The number of hydrogen-bond acceptors (Lipinski definition) is 3. The third-order valence-electron chi connectivity index (χ3n) is 4.02. The minimum atomic E-state index is -0.475. The molecular weight excluding hydrogens is 383 g/mol. The van der Waals surface area contributed by atoms with Crippen molar-refractivity contribution in [3.05, 3.63) is 59.0 Å². The van der Waals surface area contributed by atoms with E-state index in [0.717, 1.165) is 0 Å².